The van der Waals surface area contributed by atoms with Crippen LogP contribution in [-0.2, 0) is 4.74 Å². The molecule has 6 heteroatoms. The summed E-state index contributed by atoms with van der Waals surface area (Å²) in [7, 11) is 0. The number of amides is 1. The van der Waals surface area contributed by atoms with Crippen molar-refractivity contribution in [1.82, 2.24) is 5.32 Å². The van der Waals surface area contributed by atoms with Crippen molar-refractivity contribution in [3.63, 3.8) is 0 Å². The van der Waals surface area contributed by atoms with E-state index in [0.29, 0.717) is 25.3 Å². The van der Waals surface area contributed by atoms with E-state index in [1.54, 1.807) is 0 Å². The molecule has 1 aromatic heterocycles. The molecule has 1 aromatic rings. The summed E-state index contributed by atoms with van der Waals surface area (Å²) in [5.41, 5.74) is 6.95. The largest absolute Gasteiger partial charge is 0.376 e. The molecule has 0 unspecified atom stereocenters. The van der Waals surface area contributed by atoms with Crippen molar-refractivity contribution < 1.29 is 9.53 Å². The monoisotopic (exact) mass is 360 g/mol. The highest BCUT2D eigenvalue weighted by atomic mass is 79.9. The van der Waals surface area contributed by atoms with Gasteiger partial charge in [-0.1, -0.05) is 0 Å². The molecule has 0 saturated heterocycles. The molecule has 20 heavy (non-hydrogen) atoms. The van der Waals surface area contributed by atoms with Crippen molar-refractivity contribution in [1.29, 1.82) is 0 Å². The average Bonchev–Trinajstić information content (AvgIpc) is 2.77. The molecule has 1 aliphatic carbocycles. The lowest BCUT2D eigenvalue weighted by molar-refractivity contribution is 0.0268. The lowest BCUT2D eigenvalue weighted by atomic mass is 9.94. The quantitative estimate of drug-likeness (QED) is 0.793. The van der Waals surface area contributed by atoms with Crippen LogP contribution in [0.3, 0.4) is 0 Å². The highest BCUT2D eigenvalue weighted by molar-refractivity contribution is 9.11. The third-order valence-corrected chi connectivity index (χ3v) is 5.68. The van der Waals surface area contributed by atoms with Crippen molar-refractivity contribution in [2.24, 2.45) is 5.73 Å². The average molecular weight is 361 g/mol. The van der Waals surface area contributed by atoms with Crippen LogP contribution >= 0.6 is 27.3 Å². The fourth-order valence-electron chi connectivity index (χ4n) is 2.30. The van der Waals surface area contributed by atoms with Crippen LogP contribution in [0.25, 0.3) is 0 Å². The van der Waals surface area contributed by atoms with Crippen molar-refractivity contribution >= 4 is 33.2 Å². The number of rotatable bonds is 5. The topological polar surface area (TPSA) is 64.3 Å². The van der Waals surface area contributed by atoms with E-state index >= 15 is 0 Å². The number of carbonyl (C=O) groups is 1. The Morgan fingerprint density at radius 3 is 2.80 bits per heavy atom. The van der Waals surface area contributed by atoms with E-state index in [9.17, 15) is 4.79 Å². The maximum absolute atomic E-state index is 11.9. The molecule has 1 aliphatic rings. The van der Waals surface area contributed by atoms with E-state index in [4.69, 9.17) is 10.5 Å². The fraction of sp³-hybridized carbons (Fsp3) is 0.643. The first-order chi connectivity index (χ1) is 9.56. The predicted molar refractivity (Wildman–Crippen MR) is 85.3 cm³/mol. The summed E-state index contributed by atoms with van der Waals surface area (Å²) < 4.78 is 6.78. The highest BCUT2D eigenvalue weighted by Gasteiger charge is 2.18. The number of aryl methyl sites for hydroxylation is 1. The molecule has 0 aliphatic heterocycles. The summed E-state index contributed by atoms with van der Waals surface area (Å²) in [4.78, 5) is 12.6. The third-order valence-electron chi connectivity index (χ3n) is 3.54. The number of halogens is 1. The lowest BCUT2D eigenvalue weighted by Gasteiger charge is -2.26. The van der Waals surface area contributed by atoms with Gasteiger partial charge in [-0.2, -0.15) is 0 Å². The Hall–Kier alpha value is -0.430. The van der Waals surface area contributed by atoms with E-state index in [0.717, 1.165) is 39.9 Å². The molecule has 2 rings (SSSR count). The molecule has 1 saturated carbocycles. The smallest absolute Gasteiger partial charge is 0.261 e. The van der Waals surface area contributed by atoms with Crippen LogP contribution in [0.15, 0.2) is 9.85 Å². The standard InChI is InChI=1S/C14H21BrN2O2S/c1-9-8-12(20-13(9)15)14(18)17-6-7-19-11-4-2-10(16)3-5-11/h8,10-11H,2-7,16H2,1H3,(H,17,18). The van der Waals surface area contributed by atoms with Gasteiger partial charge in [0.25, 0.3) is 5.91 Å². The van der Waals surface area contributed by atoms with Crippen LogP contribution in [-0.4, -0.2) is 31.2 Å². The minimum Gasteiger partial charge on any atom is -0.376 e. The van der Waals surface area contributed by atoms with Crippen LogP contribution in [0.4, 0.5) is 0 Å². The number of hydrogen-bond donors (Lipinski definition) is 2. The summed E-state index contributed by atoms with van der Waals surface area (Å²) in [6, 6.07) is 2.24. The first-order valence-electron chi connectivity index (χ1n) is 6.97. The number of nitrogens with two attached hydrogens (primary N) is 1. The van der Waals surface area contributed by atoms with Crippen LogP contribution in [0.2, 0.25) is 0 Å². The van der Waals surface area contributed by atoms with Crippen molar-refractivity contribution in [3.8, 4) is 0 Å². The lowest BCUT2D eigenvalue weighted by Crippen LogP contribution is -2.32. The van der Waals surface area contributed by atoms with Crippen molar-refractivity contribution in [2.75, 3.05) is 13.2 Å². The molecule has 1 fully saturated rings. The van der Waals surface area contributed by atoms with Crippen LogP contribution in [0.1, 0.15) is 40.9 Å². The van der Waals surface area contributed by atoms with E-state index in [-0.39, 0.29) is 5.91 Å². The first-order valence-corrected chi connectivity index (χ1v) is 8.58. The highest BCUT2D eigenvalue weighted by Crippen LogP contribution is 2.27. The zero-order chi connectivity index (χ0) is 14.5. The van der Waals surface area contributed by atoms with Gasteiger partial charge in [0.2, 0.25) is 0 Å². The van der Waals surface area contributed by atoms with E-state index in [2.05, 4.69) is 21.2 Å². The number of ether oxygens (including phenoxy) is 1. The normalized spacial score (nSPS) is 22.8. The van der Waals surface area contributed by atoms with Gasteiger partial charge in [-0.05, 0) is 60.2 Å². The first kappa shape index (κ1) is 15.9. The number of thiophene rings is 1. The molecular formula is C14H21BrN2O2S. The Labute approximate surface area is 132 Å². The second-order valence-electron chi connectivity index (χ2n) is 5.23. The van der Waals surface area contributed by atoms with Gasteiger partial charge in [-0.25, -0.2) is 0 Å². The number of carbonyl (C=O) groups excluding carboxylic acids is 1. The van der Waals surface area contributed by atoms with Gasteiger partial charge in [-0.3, -0.25) is 4.79 Å². The fourth-order valence-corrected chi connectivity index (χ4v) is 3.76. The summed E-state index contributed by atoms with van der Waals surface area (Å²) in [6.45, 7) is 3.10. The Kier molecular flexibility index (Phi) is 6.01. The van der Waals surface area contributed by atoms with E-state index in [1.807, 2.05) is 13.0 Å². The van der Waals surface area contributed by atoms with E-state index < -0.39 is 0 Å². The maximum atomic E-state index is 11.9. The third kappa shape index (κ3) is 4.55. The molecule has 112 valence electrons. The second kappa shape index (κ2) is 7.54. The minimum atomic E-state index is -0.0296. The van der Waals surface area contributed by atoms with Crippen molar-refractivity contribution in [2.45, 2.75) is 44.8 Å². The Morgan fingerprint density at radius 1 is 1.50 bits per heavy atom. The Balaban J connectivity index is 1.64. The molecule has 0 atom stereocenters. The SMILES string of the molecule is Cc1cc(C(=O)NCCOC2CCC(N)CC2)sc1Br. The molecule has 3 N–H and O–H groups in total. The van der Waals surface area contributed by atoms with Gasteiger partial charge < -0.3 is 15.8 Å². The number of hydrogen-bond acceptors (Lipinski definition) is 4. The molecule has 1 heterocycles. The van der Waals surface area contributed by atoms with Gasteiger partial charge in [0, 0.05) is 12.6 Å². The zero-order valence-electron chi connectivity index (χ0n) is 11.7. The molecule has 1 amide bonds. The van der Waals surface area contributed by atoms with Gasteiger partial charge in [0.15, 0.2) is 0 Å². The molecule has 4 nitrogen and oxygen atoms in total. The molecule has 0 spiro atoms. The van der Waals surface area contributed by atoms with Gasteiger partial charge in [0.05, 0.1) is 21.4 Å². The molecule has 0 aromatic carbocycles. The summed E-state index contributed by atoms with van der Waals surface area (Å²) >= 11 is 4.89. The maximum Gasteiger partial charge on any atom is 0.261 e. The van der Waals surface area contributed by atoms with Gasteiger partial charge in [-0.15, -0.1) is 11.3 Å². The summed E-state index contributed by atoms with van der Waals surface area (Å²) in [6.07, 6.45) is 4.46. The van der Waals surface area contributed by atoms with E-state index in [1.165, 1.54) is 11.3 Å². The predicted octanol–water partition coefficient (Wildman–Crippen LogP) is 2.84. The second-order valence-corrected chi connectivity index (χ2v) is 7.60. The molecule has 0 bridgehead atoms. The van der Waals surface area contributed by atoms with Gasteiger partial charge in [0.1, 0.15) is 0 Å². The van der Waals surface area contributed by atoms with Gasteiger partial charge >= 0.3 is 0 Å². The Morgan fingerprint density at radius 2 is 2.20 bits per heavy atom. The van der Waals surface area contributed by atoms with Crippen LogP contribution in [0.5, 0.6) is 0 Å². The summed E-state index contributed by atoms with van der Waals surface area (Å²) in [5, 5.41) is 2.89. The van der Waals surface area contributed by atoms with Crippen LogP contribution in [0, 0.1) is 6.92 Å². The van der Waals surface area contributed by atoms with Crippen molar-refractivity contribution in [3.05, 3.63) is 20.3 Å². The zero-order valence-corrected chi connectivity index (χ0v) is 14.1. The molecule has 0 radical (unpaired) electrons. The molecular weight excluding hydrogens is 340 g/mol. The summed E-state index contributed by atoms with van der Waals surface area (Å²) in [5.74, 6) is -0.0296. The Bertz CT molecular complexity index is 437. The number of nitrogens with one attached hydrogen (secondary N) is 1. The van der Waals surface area contributed by atoms with Crippen LogP contribution < -0.4 is 11.1 Å². The minimum absolute atomic E-state index is 0.0296.